The van der Waals surface area contributed by atoms with Gasteiger partial charge in [-0.3, -0.25) is 0 Å². The van der Waals surface area contributed by atoms with Crippen molar-refractivity contribution in [1.82, 2.24) is 4.90 Å². The standard InChI is InChI=1S/C12H18FNS.C4H10S3.O.Tc/c1-14(9-10-15)8-2-3-11-4-6-12(13)7-5-11;5-1-3-7-4-2-6;;/h4-7,15H,2-3,8-10H2,1H3;5-6H,1-4H2;;/q;;;+3/p-3. The molecule has 1 rings (SSSR count). The molecule has 0 N–H and O–H groups in total. The Morgan fingerprint density at radius 1 is 1.00 bits per heavy atom. The van der Waals surface area contributed by atoms with Crippen LogP contribution in [0.15, 0.2) is 24.3 Å². The van der Waals surface area contributed by atoms with Gasteiger partial charge in [-0.1, -0.05) is 12.1 Å². The monoisotopic (exact) mass is 491 g/mol. The summed E-state index contributed by atoms with van der Waals surface area (Å²) in [6.45, 7) is 2.02. The van der Waals surface area contributed by atoms with Crippen LogP contribution in [0.1, 0.15) is 12.0 Å². The van der Waals surface area contributed by atoms with Crippen LogP contribution in [0.5, 0.6) is 0 Å². The van der Waals surface area contributed by atoms with E-state index in [1.54, 1.807) is 0 Å². The minimum Gasteiger partial charge on any atom is -0.792 e. The first kappa shape index (κ1) is 27.2. The van der Waals surface area contributed by atoms with Gasteiger partial charge in [0.15, 0.2) is 0 Å². The maximum Gasteiger partial charge on any atom is -0.0287 e. The molecule has 0 aliphatic carbocycles. The van der Waals surface area contributed by atoms with Gasteiger partial charge in [0, 0.05) is 0 Å². The van der Waals surface area contributed by atoms with Gasteiger partial charge in [-0.05, 0) is 62.2 Å². The van der Waals surface area contributed by atoms with Crippen LogP contribution in [0.2, 0.25) is 0 Å². The Bertz CT molecular complexity index is 370. The van der Waals surface area contributed by atoms with Crippen molar-refractivity contribution in [2.75, 3.05) is 48.9 Å². The molecular weight excluding hydrogens is 467 g/mol. The molecule has 0 spiro atoms. The van der Waals surface area contributed by atoms with Crippen molar-refractivity contribution < 1.29 is 26.7 Å². The maximum atomic E-state index is 12.6. The Hall–Kier alpha value is 0.959. The molecule has 0 fully saturated rings. The molecule has 1 aromatic carbocycles. The summed E-state index contributed by atoms with van der Waals surface area (Å²) in [6, 6.07) is 6.73. The second kappa shape index (κ2) is 22.0. The molecule has 2 nitrogen and oxygen atoms in total. The zero-order valence-electron chi connectivity index (χ0n) is 13.9. The van der Waals surface area contributed by atoms with Crippen molar-refractivity contribution in [3.8, 4) is 0 Å². The Kier molecular flexibility index (Phi) is 24.9. The Balaban J connectivity index is 0. The van der Waals surface area contributed by atoms with Crippen molar-refractivity contribution >= 4 is 49.6 Å². The van der Waals surface area contributed by atoms with Crippen LogP contribution in [-0.4, -0.2) is 53.8 Å². The molecule has 0 saturated heterocycles. The summed E-state index contributed by atoms with van der Waals surface area (Å²) in [4.78, 5) is 2.23. The van der Waals surface area contributed by atoms with Crippen LogP contribution < -0.4 is 0 Å². The molecule has 0 bridgehead atoms. The number of thioether (sulfide) groups is 1. The number of hydrogen-bond acceptors (Lipinski definition) is 6. The second-order valence-corrected chi connectivity index (χ2v) is 7.21. The van der Waals surface area contributed by atoms with E-state index < -0.39 is 0 Å². The molecule has 0 aromatic heterocycles. The van der Waals surface area contributed by atoms with Crippen molar-refractivity contribution in [3.05, 3.63) is 35.6 Å². The molecule has 0 aliphatic rings. The molecule has 0 saturated carbocycles. The van der Waals surface area contributed by atoms with E-state index in [0.29, 0.717) is 0 Å². The van der Waals surface area contributed by atoms with Crippen molar-refractivity contribution in [3.63, 3.8) is 0 Å². The zero-order chi connectivity index (χ0) is 18.6. The first-order valence-corrected chi connectivity index (χ1v) is 11.2. The van der Waals surface area contributed by atoms with Gasteiger partial charge in [-0.2, -0.15) is 29.0 Å². The number of hydrogen-bond donors (Lipinski definition) is 0. The van der Waals surface area contributed by atoms with E-state index in [1.165, 1.54) is 17.7 Å². The van der Waals surface area contributed by atoms with Gasteiger partial charge in [-0.25, -0.2) is 4.39 Å². The molecule has 24 heavy (non-hydrogen) atoms. The summed E-state index contributed by atoms with van der Waals surface area (Å²) in [5.74, 6) is 4.52. The van der Waals surface area contributed by atoms with Crippen LogP contribution in [0.25, 0.3) is 0 Å². The number of aryl methyl sites for hydroxylation is 1. The molecule has 8 heteroatoms. The van der Waals surface area contributed by atoms with Crippen molar-refractivity contribution in [2.45, 2.75) is 12.8 Å². The van der Waals surface area contributed by atoms with Gasteiger partial charge in [0.05, 0.1) is 0 Å². The molecule has 138 valence electrons. The predicted molar refractivity (Wildman–Crippen MR) is 107 cm³/mol. The Morgan fingerprint density at radius 3 is 2.00 bits per heavy atom. The average molecular weight is 493 g/mol. The summed E-state index contributed by atoms with van der Waals surface area (Å²) in [7, 11) is 2.08. The first-order valence-electron chi connectivity index (χ1n) is 7.54. The topological polar surface area (TPSA) is 20.3 Å². The van der Waals surface area contributed by atoms with Gasteiger partial charge in [-0.15, -0.1) is 0 Å². The van der Waals surface area contributed by atoms with Crippen LogP contribution >= 0.6 is 11.8 Å². The smallest absolute Gasteiger partial charge is 0.0287 e. The summed E-state index contributed by atoms with van der Waals surface area (Å²) < 4.78 is 20.8. The normalized spacial score (nSPS) is 9.71. The number of nitrogens with zero attached hydrogens (tertiary/aromatic N) is 1. The third-order valence-corrected chi connectivity index (χ3v) is 4.94. The fraction of sp³-hybridized carbons (Fsp3) is 0.625. The van der Waals surface area contributed by atoms with Gasteiger partial charge >= 0.3 is 22.4 Å². The Morgan fingerprint density at radius 2 is 1.54 bits per heavy atom. The predicted octanol–water partition coefficient (Wildman–Crippen LogP) is 2.93. The fourth-order valence-corrected chi connectivity index (χ4v) is 3.15. The van der Waals surface area contributed by atoms with Crippen LogP contribution in [0, 0.1) is 5.82 Å². The number of rotatable bonds is 10. The van der Waals surface area contributed by atoms with E-state index in [0.717, 1.165) is 73.6 Å². The molecule has 0 radical (unpaired) electrons. The average Bonchev–Trinajstić information content (AvgIpc) is 2.60. The van der Waals surface area contributed by atoms with Gasteiger partial charge in [0.25, 0.3) is 0 Å². The van der Waals surface area contributed by atoms with Gasteiger partial charge in [0.2, 0.25) is 0 Å². The third-order valence-electron chi connectivity index (χ3n) is 2.85. The van der Waals surface area contributed by atoms with Crippen LogP contribution in [0.4, 0.5) is 4.39 Å². The van der Waals surface area contributed by atoms with Gasteiger partial charge < -0.3 is 42.8 Å². The van der Waals surface area contributed by atoms with E-state index in [-0.39, 0.29) is 5.82 Å². The summed E-state index contributed by atoms with van der Waals surface area (Å²) >= 11 is 17.1. The number of halogens is 1. The van der Waals surface area contributed by atoms with Crippen LogP contribution in [-0.2, 0) is 66.7 Å². The van der Waals surface area contributed by atoms with E-state index >= 15 is 0 Å². The molecule has 0 aliphatic heterocycles. The first-order chi connectivity index (χ1) is 11.6. The van der Waals surface area contributed by atoms with Gasteiger partial charge in [0.1, 0.15) is 5.82 Å². The van der Waals surface area contributed by atoms with Crippen molar-refractivity contribution in [2.24, 2.45) is 0 Å². The maximum absolute atomic E-state index is 12.6. The van der Waals surface area contributed by atoms with Crippen molar-refractivity contribution in [1.29, 1.82) is 0 Å². The molecule has 1 aromatic rings. The van der Waals surface area contributed by atoms with E-state index in [2.05, 4.69) is 11.9 Å². The molecular formula is C16H25FNOS4Tc. The Labute approximate surface area is 177 Å². The van der Waals surface area contributed by atoms with E-state index in [9.17, 15) is 4.39 Å². The second-order valence-electron chi connectivity index (χ2n) is 4.76. The quantitative estimate of drug-likeness (QED) is 0.367. The molecule has 0 amide bonds. The fourth-order valence-electron chi connectivity index (χ4n) is 1.69. The summed E-state index contributed by atoms with van der Waals surface area (Å²) in [6.07, 6.45) is 2.10. The molecule has 0 heterocycles. The molecule has 0 unspecified atom stereocenters. The summed E-state index contributed by atoms with van der Waals surface area (Å²) in [5, 5.41) is 0. The minimum absolute atomic E-state index is 0.165. The summed E-state index contributed by atoms with van der Waals surface area (Å²) in [5.41, 5.74) is 1.20. The molecule has 0 atom stereocenters. The van der Waals surface area contributed by atoms with Crippen LogP contribution in [0.3, 0.4) is 0 Å². The van der Waals surface area contributed by atoms with E-state index in [1.807, 2.05) is 23.9 Å². The SMILES string of the molecule is CN(CC[S-])CCCc1ccc(F)cc1.[O]=[Tc+3].[S-]CCSCC[S-]. The number of benzene rings is 1. The minimum atomic E-state index is -0.165. The largest absolute Gasteiger partial charge is 0.792 e. The zero-order valence-corrected chi connectivity index (χ0v) is 19.0. The van der Waals surface area contributed by atoms with E-state index in [4.69, 9.17) is 41.4 Å². The third kappa shape index (κ3) is 19.3.